The first-order valence-corrected chi connectivity index (χ1v) is 13.0. The molecule has 202 valence electrons. The van der Waals surface area contributed by atoms with Gasteiger partial charge in [0.15, 0.2) is 0 Å². The van der Waals surface area contributed by atoms with Gasteiger partial charge >= 0.3 is 0 Å². The number of nitrogens with one attached hydrogen (secondary N) is 1. The normalized spacial score (nSPS) is 18.1. The molecular weight excluding hydrogens is 495 g/mol. The Morgan fingerprint density at radius 3 is 2.84 bits per heavy atom. The Morgan fingerprint density at radius 2 is 2.05 bits per heavy atom. The largest absolute Gasteiger partial charge is 0.375 e. The second-order valence-corrected chi connectivity index (χ2v) is 9.74. The number of aryl methyl sites for hydroxylation is 3. The maximum atomic E-state index is 15.4. The van der Waals surface area contributed by atoms with Crippen LogP contribution in [0.15, 0.2) is 29.1 Å². The number of rotatable bonds is 4. The van der Waals surface area contributed by atoms with E-state index in [2.05, 4.69) is 21.4 Å². The Labute approximate surface area is 219 Å². The summed E-state index contributed by atoms with van der Waals surface area (Å²) in [6.45, 7) is 2.98. The number of alkyl halides is 2. The van der Waals surface area contributed by atoms with E-state index >= 15 is 4.39 Å². The highest BCUT2D eigenvalue weighted by Crippen LogP contribution is 2.35. The zero-order valence-electron chi connectivity index (χ0n) is 21.7. The molecule has 3 heterocycles. The maximum absolute atomic E-state index is 15.4. The van der Waals surface area contributed by atoms with Crippen LogP contribution >= 0.6 is 0 Å². The number of benzene rings is 1. The predicted octanol–water partition coefficient (Wildman–Crippen LogP) is 5.94. The van der Waals surface area contributed by atoms with E-state index in [9.17, 15) is 13.6 Å². The van der Waals surface area contributed by atoms with E-state index in [0.717, 1.165) is 6.07 Å². The van der Waals surface area contributed by atoms with Crippen LogP contribution in [-0.2, 0) is 23.6 Å². The monoisotopic (exact) mass is 527 g/mol. The van der Waals surface area contributed by atoms with Crippen LogP contribution in [0.3, 0.4) is 0 Å². The molecule has 1 N–H and O–H groups in total. The minimum atomic E-state index is -3.48. The van der Waals surface area contributed by atoms with Crippen molar-refractivity contribution in [2.45, 2.75) is 77.3 Å². The molecule has 7 nitrogen and oxygen atoms in total. The van der Waals surface area contributed by atoms with Crippen molar-refractivity contribution in [1.29, 1.82) is 5.26 Å². The third-order valence-electron chi connectivity index (χ3n) is 6.81. The number of hydrogen-bond acceptors (Lipinski definition) is 6. The molecule has 0 saturated carbocycles. The van der Waals surface area contributed by atoms with E-state index in [4.69, 9.17) is 10.00 Å². The zero-order chi connectivity index (χ0) is 27.3. The number of pyridine rings is 1. The third kappa shape index (κ3) is 5.99. The maximum Gasteiger partial charge on any atom is 0.298 e. The molecule has 1 aromatic carbocycles. The Hall–Kier alpha value is -3.45. The topological polar surface area (TPSA) is 92.8 Å². The first-order valence-electron chi connectivity index (χ1n) is 13.0. The molecule has 1 atom stereocenters. The highest BCUT2D eigenvalue weighted by molar-refractivity contribution is 5.87. The van der Waals surface area contributed by atoms with Gasteiger partial charge in [-0.25, -0.2) is 14.4 Å². The molecule has 4 rings (SSSR count). The van der Waals surface area contributed by atoms with Gasteiger partial charge in [0.25, 0.3) is 11.5 Å². The summed E-state index contributed by atoms with van der Waals surface area (Å²) in [6.07, 6.45) is 4.09. The van der Waals surface area contributed by atoms with Gasteiger partial charge in [-0.3, -0.25) is 9.36 Å². The van der Waals surface area contributed by atoms with Gasteiger partial charge in [0.2, 0.25) is 0 Å². The molecule has 3 aromatic rings. The van der Waals surface area contributed by atoms with Gasteiger partial charge in [-0.05, 0) is 64.5 Å². The van der Waals surface area contributed by atoms with Crippen LogP contribution < -0.4 is 10.9 Å². The van der Waals surface area contributed by atoms with Crippen molar-refractivity contribution in [1.82, 2.24) is 14.5 Å². The summed E-state index contributed by atoms with van der Waals surface area (Å²) in [5, 5.41) is 12.6. The van der Waals surface area contributed by atoms with Crippen molar-refractivity contribution in [3.8, 4) is 6.07 Å². The van der Waals surface area contributed by atoms with Crippen LogP contribution in [0.25, 0.3) is 11.0 Å². The van der Waals surface area contributed by atoms with Gasteiger partial charge in [0.05, 0.1) is 23.1 Å². The average molecular weight is 528 g/mol. The predicted molar refractivity (Wildman–Crippen MR) is 139 cm³/mol. The average Bonchev–Trinajstić information content (AvgIpc) is 2.87. The number of ether oxygens (including phenoxy) is 1. The quantitative estimate of drug-likeness (QED) is 0.422. The molecule has 0 fully saturated rings. The lowest BCUT2D eigenvalue weighted by molar-refractivity contribution is -0.0853. The molecule has 2 aromatic heterocycles. The van der Waals surface area contributed by atoms with Gasteiger partial charge in [-0.15, -0.1) is 0 Å². The molecule has 1 aliphatic rings. The summed E-state index contributed by atoms with van der Waals surface area (Å²) < 4.78 is 52.0. The molecule has 10 heteroatoms. The second kappa shape index (κ2) is 11.9. The first-order chi connectivity index (χ1) is 18.2. The van der Waals surface area contributed by atoms with E-state index in [1.807, 2.05) is 0 Å². The molecule has 6 bridgehead atoms. The molecule has 0 saturated heterocycles. The number of hydrogen-bond donors (Lipinski definition) is 1. The molecule has 38 heavy (non-hydrogen) atoms. The molecule has 0 unspecified atom stereocenters. The Balaban J connectivity index is 1.84. The number of anilines is 1. The summed E-state index contributed by atoms with van der Waals surface area (Å²) >= 11 is 0. The van der Waals surface area contributed by atoms with Crippen LogP contribution in [0.2, 0.25) is 0 Å². The van der Waals surface area contributed by atoms with Crippen molar-refractivity contribution in [3.63, 3.8) is 0 Å². The van der Waals surface area contributed by atoms with Crippen LogP contribution in [-0.4, -0.2) is 27.7 Å². The van der Waals surface area contributed by atoms with Gasteiger partial charge < -0.3 is 10.1 Å². The highest BCUT2D eigenvalue weighted by atomic mass is 19.3. The minimum absolute atomic E-state index is 0.0703. The fourth-order valence-electron chi connectivity index (χ4n) is 4.81. The molecule has 0 amide bonds. The smallest absolute Gasteiger partial charge is 0.298 e. The summed E-state index contributed by atoms with van der Waals surface area (Å²) in [5.41, 5.74) is 0.289. The molecule has 0 spiro atoms. The first kappa shape index (κ1) is 27.6. The summed E-state index contributed by atoms with van der Waals surface area (Å²) in [4.78, 5) is 22.6. The van der Waals surface area contributed by atoms with Gasteiger partial charge in [-0.1, -0.05) is 12.1 Å². The van der Waals surface area contributed by atoms with Gasteiger partial charge in [-0.2, -0.15) is 14.0 Å². The second-order valence-electron chi connectivity index (χ2n) is 9.74. The van der Waals surface area contributed by atoms with Crippen molar-refractivity contribution in [3.05, 3.63) is 63.0 Å². The van der Waals surface area contributed by atoms with Crippen molar-refractivity contribution in [2.75, 3.05) is 18.5 Å². The van der Waals surface area contributed by atoms with E-state index in [1.165, 1.54) is 12.1 Å². The number of fused-ring (bicyclic) bond motifs is 2. The number of unbranched alkanes of at least 4 members (excludes halogenated alkanes) is 2. The Morgan fingerprint density at radius 1 is 1.24 bits per heavy atom. The van der Waals surface area contributed by atoms with Crippen LogP contribution in [0.5, 0.6) is 0 Å². The summed E-state index contributed by atoms with van der Waals surface area (Å²) in [6, 6.07) is 7.14. The lowest BCUT2D eigenvalue weighted by Gasteiger charge is -2.22. The number of aromatic nitrogens is 3. The lowest BCUT2D eigenvalue weighted by atomic mass is 10.00. The highest BCUT2D eigenvalue weighted by Gasteiger charge is 2.36. The van der Waals surface area contributed by atoms with Crippen LogP contribution in [0, 0.1) is 24.1 Å². The van der Waals surface area contributed by atoms with Crippen molar-refractivity contribution < 1.29 is 17.9 Å². The van der Waals surface area contributed by atoms with Crippen molar-refractivity contribution in [2.24, 2.45) is 0 Å². The third-order valence-corrected chi connectivity index (χ3v) is 6.81. The van der Waals surface area contributed by atoms with Crippen LogP contribution in [0.1, 0.15) is 74.0 Å². The fraction of sp³-hybridized carbons (Fsp3) is 0.500. The summed E-state index contributed by atoms with van der Waals surface area (Å²) in [7, 11) is 0. The number of nitrogens with zero attached hydrogens (tertiary/aromatic N) is 4. The summed E-state index contributed by atoms with van der Waals surface area (Å²) in [5.74, 6) is -3.64. The Bertz CT molecular complexity index is 1400. The Kier molecular flexibility index (Phi) is 8.67. The SMILES string of the molecule is Cc1nc2c3cc(CCCCC#N)c(=O)n(c3n1)CCCCCOCC(F)(F)c1cccc(c1F)[C@@H](C)N2. The van der Waals surface area contributed by atoms with Gasteiger partial charge in [0.1, 0.15) is 29.7 Å². The molecule has 1 aliphatic heterocycles. The van der Waals surface area contributed by atoms with E-state index in [-0.39, 0.29) is 17.7 Å². The van der Waals surface area contributed by atoms with Crippen molar-refractivity contribution >= 4 is 16.9 Å². The van der Waals surface area contributed by atoms with Crippen LogP contribution in [0.4, 0.5) is 19.0 Å². The molecule has 0 aliphatic carbocycles. The molecule has 0 radical (unpaired) electrons. The van der Waals surface area contributed by atoms with Gasteiger partial charge in [0, 0.05) is 30.7 Å². The number of nitriles is 1. The number of halogens is 3. The standard InChI is InChI=1S/C28H32F3N5O2/c1-18-21-11-9-12-23(24(21)29)28(30,31)17-38-15-8-4-7-14-36-26-22(25(33-18)34-19(2)35-26)16-20(27(36)37)10-5-3-6-13-32/h9,11-12,16,18H,3-8,10,14-15,17H2,1-2H3,(H,33,34,35)/t18-/m1/s1. The zero-order valence-corrected chi connectivity index (χ0v) is 21.7. The fourth-order valence-corrected chi connectivity index (χ4v) is 4.81. The minimum Gasteiger partial charge on any atom is -0.375 e. The van der Waals surface area contributed by atoms with E-state index < -0.39 is 30.0 Å². The lowest BCUT2D eigenvalue weighted by Crippen LogP contribution is -2.26. The van der Waals surface area contributed by atoms with E-state index in [0.29, 0.717) is 79.7 Å². The van der Waals surface area contributed by atoms with E-state index in [1.54, 1.807) is 24.5 Å². The molecular formula is C28H32F3N5O2.